The standard InChI is InChI=1S/C14H21N3O6S2.ClH/c1-22-8-11(15)13(18)16-3-5-17(6-4-16)25(20,21)12-7-10(9-24-12)14(19)23-2;/h7,9,11H,3-6,8,15H2,1-2H3;1H. The quantitative estimate of drug-likeness (QED) is 0.622. The van der Waals surface area contributed by atoms with Gasteiger partial charge in [0, 0.05) is 38.7 Å². The van der Waals surface area contributed by atoms with Crippen LogP contribution in [0.1, 0.15) is 10.4 Å². The van der Waals surface area contributed by atoms with E-state index in [1.54, 1.807) is 0 Å². The van der Waals surface area contributed by atoms with E-state index in [0.29, 0.717) is 0 Å². The number of ether oxygens (including phenoxy) is 2. The lowest BCUT2D eigenvalue weighted by molar-refractivity contribution is -0.134. The number of nitrogens with zero attached hydrogens (tertiary/aromatic N) is 2. The molecule has 2 rings (SSSR count). The molecule has 1 amide bonds. The molecule has 1 fully saturated rings. The predicted octanol–water partition coefficient (Wildman–Crippen LogP) is -0.237. The number of carbonyl (C=O) groups is 2. The Kier molecular flexibility index (Phi) is 8.44. The van der Waals surface area contributed by atoms with E-state index in [9.17, 15) is 18.0 Å². The van der Waals surface area contributed by atoms with E-state index in [0.717, 1.165) is 11.3 Å². The first-order chi connectivity index (χ1) is 11.8. The minimum Gasteiger partial charge on any atom is -0.465 e. The zero-order valence-electron chi connectivity index (χ0n) is 14.4. The monoisotopic (exact) mass is 427 g/mol. The molecule has 0 aliphatic carbocycles. The zero-order valence-corrected chi connectivity index (χ0v) is 16.9. The van der Waals surface area contributed by atoms with Crippen molar-refractivity contribution in [2.45, 2.75) is 10.3 Å². The summed E-state index contributed by atoms with van der Waals surface area (Å²) in [6.45, 7) is 0.955. The molecule has 2 heterocycles. The van der Waals surface area contributed by atoms with Crippen LogP contribution in [0.3, 0.4) is 0 Å². The summed E-state index contributed by atoms with van der Waals surface area (Å²) in [6, 6.07) is 0.547. The van der Waals surface area contributed by atoms with Crippen molar-refractivity contribution in [2.24, 2.45) is 5.73 Å². The lowest BCUT2D eigenvalue weighted by Crippen LogP contribution is -2.55. The maximum absolute atomic E-state index is 12.7. The first kappa shape index (κ1) is 22.8. The Balaban J connectivity index is 0.00000338. The predicted molar refractivity (Wildman–Crippen MR) is 98.1 cm³/mol. The lowest BCUT2D eigenvalue weighted by Gasteiger charge is -2.34. The van der Waals surface area contributed by atoms with Gasteiger partial charge in [-0.3, -0.25) is 4.79 Å². The zero-order chi connectivity index (χ0) is 18.6. The highest BCUT2D eigenvalue weighted by molar-refractivity contribution is 7.91. The van der Waals surface area contributed by atoms with Gasteiger partial charge in [0.05, 0.1) is 19.3 Å². The molecular formula is C14H22ClN3O6S2. The Morgan fingerprint density at radius 1 is 1.27 bits per heavy atom. The third-order valence-corrected chi connectivity index (χ3v) is 7.12. The molecule has 12 heteroatoms. The molecule has 1 aromatic rings. The third kappa shape index (κ3) is 4.93. The number of esters is 1. The van der Waals surface area contributed by atoms with Crippen molar-refractivity contribution in [1.82, 2.24) is 9.21 Å². The van der Waals surface area contributed by atoms with Gasteiger partial charge in [0.1, 0.15) is 10.3 Å². The van der Waals surface area contributed by atoms with Crippen LogP contribution < -0.4 is 5.73 Å². The molecule has 1 aliphatic heterocycles. The second-order valence-electron chi connectivity index (χ2n) is 5.44. The average molecular weight is 428 g/mol. The smallest absolute Gasteiger partial charge is 0.338 e. The summed E-state index contributed by atoms with van der Waals surface area (Å²) in [5, 5.41) is 1.45. The van der Waals surface area contributed by atoms with Crippen molar-refractivity contribution in [3.63, 3.8) is 0 Å². The third-order valence-electron chi connectivity index (χ3n) is 3.80. The topological polar surface area (TPSA) is 119 Å². The van der Waals surface area contributed by atoms with E-state index in [1.807, 2.05) is 0 Å². The second kappa shape index (κ2) is 9.62. The Labute approximate surface area is 162 Å². The molecule has 9 nitrogen and oxygen atoms in total. The number of halogens is 1. The maximum Gasteiger partial charge on any atom is 0.338 e. The summed E-state index contributed by atoms with van der Waals surface area (Å²) in [4.78, 5) is 25.1. The van der Waals surface area contributed by atoms with Gasteiger partial charge in [0.25, 0.3) is 10.0 Å². The van der Waals surface area contributed by atoms with Gasteiger partial charge in [-0.1, -0.05) is 0 Å². The number of nitrogens with two attached hydrogens (primary N) is 1. The van der Waals surface area contributed by atoms with E-state index in [4.69, 9.17) is 10.5 Å². The molecule has 1 atom stereocenters. The van der Waals surface area contributed by atoms with Gasteiger partial charge in [-0.25, -0.2) is 13.2 Å². The molecule has 0 aromatic carbocycles. The molecule has 1 aromatic heterocycles. The molecule has 0 saturated carbocycles. The fraction of sp³-hybridized carbons (Fsp3) is 0.571. The van der Waals surface area contributed by atoms with Crippen LogP contribution in [0.4, 0.5) is 0 Å². The highest BCUT2D eigenvalue weighted by Crippen LogP contribution is 2.25. The molecule has 1 aliphatic rings. The molecular weight excluding hydrogens is 406 g/mol. The van der Waals surface area contributed by atoms with Crippen LogP contribution in [0.2, 0.25) is 0 Å². The summed E-state index contributed by atoms with van der Waals surface area (Å²) in [6.07, 6.45) is 0. The molecule has 2 N–H and O–H groups in total. The van der Waals surface area contributed by atoms with Gasteiger partial charge < -0.3 is 20.1 Å². The average Bonchev–Trinajstić information content (AvgIpc) is 3.11. The second-order valence-corrected chi connectivity index (χ2v) is 8.51. The molecule has 148 valence electrons. The number of hydrogen-bond donors (Lipinski definition) is 1. The normalized spacial score (nSPS) is 16.7. The largest absolute Gasteiger partial charge is 0.465 e. The lowest BCUT2D eigenvalue weighted by atomic mass is 10.2. The minimum atomic E-state index is -3.71. The van der Waals surface area contributed by atoms with E-state index in [2.05, 4.69) is 4.74 Å². The van der Waals surface area contributed by atoms with Crippen molar-refractivity contribution in [2.75, 3.05) is 47.0 Å². The van der Waals surface area contributed by atoms with Gasteiger partial charge in [-0.2, -0.15) is 4.31 Å². The maximum atomic E-state index is 12.7. The fourth-order valence-corrected chi connectivity index (χ4v) is 5.16. The van der Waals surface area contributed by atoms with Crippen molar-refractivity contribution in [1.29, 1.82) is 0 Å². The number of sulfonamides is 1. The van der Waals surface area contributed by atoms with Gasteiger partial charge in [0.2, 0.25) is 5.91 Å². The van der Waals surface area contributed by atoms with Crippen LogP contribution in [0.15, 0.2) is 15.7 Å². The number of amides is 1. The summed E-state index contributed by atoms with van der Waals surface area (Å²) < 4.78 is 36.1. The summed E-state index contributed by atoms with van der Waals surface area (Å²) in [7, 11) is -1.02. The van der Waals surface area contributed by atoms with Gasteiger partial charge in [-0.05, 0) is 6.07 Å². The van der Waals surface area contributed by atoms with Gasteiger partial charge in [0.15, 0.2) is 0 Å². The molecule has 0 spiro atoms. The highest BCUT2D eigenvalue weighted by atomic mass is 35.5. The van der Waals surface area contributed by atoms with Gasteiger partial charge >= 0.3 is 5.97 Å². The summed E-state index contributed by atoms with van der Waals surface area (Å²) in [5.41, 5.74) is 5.92. The molecule has 26 heavy (non-hydrogen) atoms. The number of rotatable bonds is 6. The fourth-order valence-electron chi connectivity index (χ4n) is 2.44. The van der Waals surface area contributed by atoms with Crippen LogP contribution in [0.5, 0.6) is 0 Å². The van der Waals surface area contributed by atoms with Crippen LogP contribution in [0.25, 0.3) is 0 Å². The van der Waals surface area contributed by atoms with Crippen LogP contribution in [-0.4, -0.2) is 82.5 Å². The number of piperazine rings is 1. The first-order valence-electron chi connectivity index (χ1n) is 7.51. The minimum absolute atomic E-state index is 0. The Hall–Kier alpha value is -1.24. The number of thiophene rings is 1. The van der Waals surface area contributed by atoms with Crippen molar-refractivity contribution in [3.05, 3.63) is 17.0 Å². The van der Waals surface area contributed by atoms with Crippen LogP contribution in [-0.2, 0) is 24.3 Å². The van der Waals surface area contributed by atoms with Crippen molar-refractivity contribution >= 4 is 45.6 Å². The molecule has 1 unspecified atom stereocenters. The van der Waals surface area contributed by atoms with E-state index in [1.165, 1.54) is 34.9 Å². The first-order valence-corrected chi connectivity index (χ1v) is 9.83. The van der Waals surface area contributed by atoms with Crippen molar-refractivity contribution in [3.8, 4) is 0 Å². The SMILES string of the molecule is COCC(N)C(=O)N1CCN(S(=O)(=O)c2cc(C(=O)OC)cs2)CC1.Cl. The number of methoxy groups -OCH3 is 2. The van der Waals surface area contributed by atoms with Crippen LogP contribution >= 0.6 is 23.7 Å². The summed E-state index contributed by atoms with van der Waals surface area (Å²) >= 11 is 0.965. The Morgan fingerprint density at radius 3 is 2.42 bits per heavy atom. The highest BCUT2D eigenvalue weighted by Gasteiger charge is 2.32. The molecule has 0 bridgehead atoms. The molecule has 0 radical (unpaired) electrons. The number of hydrogen-bond acceptors (Lipinski definition) is 8. The van der Waals surface area contributed by atoms with E-state index >= 15 is 0 Å². The van der Waals surface area contributed by atoms with Crippen molar-refractivity contribution < 1.29 is 27.5 Å². The Morgan fingerprint density at radius 2 is 1.88 bits per heavy atom. The summed E-state index contributed by atoms with van der Waals surface area (Å²) in [5.74, 6) is -0.844. The van der Waals surface area contributed by atoms with Crippen LogP contribution in [0, 0.1) is 0 Å². The van der Waals surface area contributed by atoms with Gasteiger partial charge in [-0.15, -0.1) is 23.7 Å². The Bertz CT molecular complexity index is 731. The van der Waals surface area contributed by atoms with E-state index < -0.39 is 22.0 Å². The number of carbonyl (C=O) groups excluding carboxylic acids is 2. The molecule has 1 saturated heterocycles. The van der Waals surface area contributed by atoms with E-state index in [-0.39, 0.29) is 60.9 Å².